The largest absolute Gasteiger partial charge is 0.315 e. The van der Waals surface area contributed by atoms with Gasteiger partial charge in [-0.2, -0.15) is 0 Å². The van der Waals surface area contributed by atoms with E-state index in [0.29, 0.717) is 0 Å². The average Bonchev–Trinajstić information content (AvgIpc) is 2.30. The first-order valence-corrected chi connectivity index (χ1v) is 5.72. The predicted molar refractivity (Wildman–Crippen MR) is 58.0 cm³/mol. The first kappa shape index (κ1) is 11.0. The SMILES string of the molecule is CCCC(C)N1CCNCCC1C. The van der Waals surface area contributed by atoms with E-state index in [0.717, 1.165) is 12.1 Å². The van der Waals surface area contributed by atoms with Crippen LogP contribution in [0.4, 0.5) is 0 Å². The lowest BCUT2D eigenvalue weighted by Crippen LogP contribution is -2.41. The van der Waals surface area contributed by atoms with Crippen molar-refractivity contribution in [3.8, 4) is 0 Å². The average molecular weight is 184 g/mol. The Morgan fingerprint density at radius 2 is 2.23 bits per heavy atom. The van der Waals surface area contributed by atoms with Crippen LogP contribution < -0.4 is 5.32 Å². The van der Waals surface area contributed by atoms with Crippen LogP contribution in [-0.4, -0.2) is 36.6 Å². The quantitative estimate of drug-likeness (QED) is 0.720. The minimum absolute atomic E-state index is 0.761. The van der Waals surface area contributed by atoms with E-state index < -0.39 is 0 Å². The molecule has 1 rings (SSSR count). The molecular formula is C11H24N2. The van der Waals surface area contributed by atoms with Gasteiger partial charge in [-0.25, -0.2) is 0 Å². The Morgan fingerprint density at radius 1 is 1.46 bits per heavy atom. The van der Waals surface area contributed by atoms with Crippen molar-refractivity contribution in [3.63, 3.8) is 0 Å². The zero-order valence-electron chi connectivity index (χ0n) is 9.34. The molecular weight excluding hydrogens is 160 g/mol. The van der Waals surface area contributed by atoms with Gasteiger partial charge in [0.2, 0.25) is 0 Å². The number of hydrogen-bond acceptors (Lipinski definition) is 2. The van der Waals surface area contributed by atoms with Gasteiger partial charge in [0.1, 0.15) is 0 Å². The third-order valence-corrected chi connectivity index (χ3v) is 3.12. The number of nitrogens with zero attached hydrogens (tertiary/aromatic N) is 1. The van der Waals surface area contributed by atoms with Gasteiger partial charge in [0.05, 0.1) is 0 Å². The lowest BCUT2D eigenvalue weighted by atomic mass is 10.1. The molecule has 1 aliphatic rings. The van der Waals surface area contributed by atoms with Crippen LogP contribution >= 0.6 is 0 Å². The molecule has 0 spiro atoms. The van der Waals surface area contributed by atoms with Gasteiger partial charge in [0.25, 0.3) is 0 Å². The molecule has 2 nitrogen and oxygen atoms in total. The molecule has 1 fully saturated rings. The van der Waals surface area contributed by atoms with Gasteiger partial charge in [-0.3, -0.25) is 4.90 Å². The molecule has 0 saturated carbocycles. The fourth-order valence-electron chi connectivity index (χ4n) is 2.27. The second-order valence-electron chi connectivity index (χ2n) is 4.26. The fourth-order valence-corrected chi connectivity index (χ4v) is 2.27. The summed E-state index contributed by atoms with van der Waals surface area (Å²) in [5, 5.41) is 3.46. The van der Waals surface area contributed by atoms with Crippen molar-refractivity contribution in [1.82, 2.24) is 10.2 Å². The van der Waals surface area contributed by atoms with Crippen LogP contribution in [0.25, 0.3) is 0 Å². The van der Waals surface area contributed by atoms with E-state index in [1.807, 2.05) is 0 Å². The van der Waals surface area contributed by atoms with Crippen LogP contribution in [-0.2, 0) is 0 Å². The fraction of sp³-hybridized carbons (Fsp3) is 1.00. The summed E-state index contributed by atoms with van der Waals surface area (Å²) < 4.78 is 0. The van der Waals surface area contributed by atoms with E-state index in [2.05, 4.69) is 31.0 Å². The lowest BCUT2D eigenvalue weighted by Gasteiger charge is -2.32. The van der Waals surface area contributed by atoms with Crippen molar-refractivity contribution in [2.75, 3.05) is 19.6 Å². The van der Waals surface area contributed by atoms with E-state index in [1.54, 1.807) is 0 Å². The molecule has 0 aliphatic carbocycles. The molecule has 0 bridgehead atoms. The summed E-state index contributed by atoms with van der Waals surface area (Å²) in [6, 6.07) is 1.52. The summed E-state index contributed by atoms with van der Waals surface area (Å²) in [6.45, 7) is 10.6. The van der Waals surface area contributed by atoms with Gasteiger partial charge in [0, 0.05) is 25.2 Å². The van der Waals surface area contributed by atoms with Crippen LogP contribution in [0.15, 0.2) is 0 Å². The molecule has 0 radical (unpaired) electrons. The van der Waals surface area contributed by atoms with Crippen molar-refractivity contribution in [1.29, 1.82) is 0 Å². The van der Waals surface area contributed by atoms with Crippen molar-refractivity contribution < 1.29 is 0 Å². The highest BCUT2D eigenvalue weighted by atomic mass is 15.2. The standard InChI is InChI=1S/C11H24N2/c1-4-5-10(2)13-9-8-12-7-6-11(13)3/h10-12H,4-9H2,1-3H3. The Labute approximate surface area is 82.7 Å². The second-order valence-corrected chi connectivity index (χ2v) is 4.26. The van der Waals surface area contributed by atoms with Crippen LogP contribution in [0.1, 0.15) is 40.0 Å². The molecule has 0 amide bonds. The number of nitrogens with one attached hydrogen (secondary N) is 1. The van der Waals surface area contributed by atoms with Crippen LogP contribution in [0.5, 0.6) is 0 Å². The molecule has 1 saturated heterocycles. The first-order chi connectivity index (χ1) is 6.25. The Morgan fingerprint density at radius 3 is 2.92 bits per heavy atom. The minimum Gasteiger partial charge on any atom is -0.315 e. The van der Waals surface area contributed by atoms with Gasteiger partial charge in [-0.1, -0.05) is 13.3 Å². The Kier molecular flexibility index (Phi) is 4.74. The molecule has 2 heteroatoms. The maximum absolute atomic E-state index is 3.46. The zero-order valence-corrected chi connectivity index (χ0v) is 9.34. The summed E-state index contributed by atoms with van der Waals surface area (Å²) in [6.07, 6.45) is 3.94. The molecule has 0 aromatic rings. The summed E-state index contributed by atoms with van der Waals surface area (Å²) in [4.78, 5) is 2.66. The highest BCUT2D eigenvalue weighted by Gasteiger charge is 2.20. The molecule has 0 aromatic heterocycles. The Balaban J connectivity index is 2.43. The van der Waals surface area contributed by atoms with Gasteiger partial charge in [-0.15, -0.1) is 0 Å². The van der Waals surface area contributed by atoms with E-state index >= 15 is 0 Å². The maximum Gasteiger partial charge on any atom is 0.0112 e. The van der Waals surface area contributed by atoms with Gasteiger partial charge in [0.15, 0.2) is 0 Å². The highest BCUT2D eigenvalue weighted by Crippen LogP contribution is 2.13. The van der Waals surface area contributed by atoms with E-state index in [1.165, 1.54) is 38.9 Å². The summed E-state index contributed by atoms with van der Waals surface area (Å²) in [7, 11) is 0. The van der Waals surface area contributed by atoms with Crippen molar-refractivity contribution in [2.24, 2.45) is 0 Å². The van der Waals surface area contributed by atoms with E-state index in [-0.39, 0.29) is 0 Å². The predicted octanol–water partition coefficient (Wildman–Crippen LogP) is 1.86. The van der Waals surface area contributed by atoms with Crippen LogP contribution in [0.2, 0.25) is 0 Å². The molecule has 0 aromatic carbocycles. The molecule has 2 unspecified atom stereocenters. The monoisotopic (exact) mass is 184 g/mol. The number of rotatable bonds is 3. The zero-order chi connectivity index (χ0) is 9.68. The van der Waals surface area contributed by atoms with E-state index in [9.17, 15) is 0 Å². The third kappa shape index (κ3) is 3.28. The third-order valence-electron chi connectivity index (χ3n) is 3.12. The molecule has 1 aliphatic heterocycles. The second kappa shape index (κ2) is 5.61. The molecule has 1 heterocycles. The van der Waals surface area contributed by atoms with Crippen molar-refractivity contribution in [2.45, 2.75) is 52.1 Å². The normalized spacial score (nSPS) is 28.4. The number of hydrogen-bond donors (Lipinski definition) is 1. The van der Waals surface area contributed by atoms with Gasteiger partial charge in [-0.05, 0) is 33.2 Å². The summed E-state index contributed by atoms with van der Waals surface area (Å²) in [5.74, 6) is 0. The maximum atomic E-state index is 3.46. The van der Waals surface area contributed by atoms with Crippen LogP contribution in [0.3, 0.4) is 0 Å². The molecule has 2 atom stereocenters. The van der Waals surface area contributed by atoms with Crippen LogP contribution in [0, 0.1) is 0 Å². The molecule has 1 N–H and O–H groups in total. The minimum atomic E-state index is 0.761. The van der Waals surface area contributed by atoms with E-state index in [4.69, 9.17) is 0 Å². The Hall–Kier alpha value is -0.0800. The van der Waals surface area contributed by atoms with Crippen molar-refractivity contribution in [3.05, 3.63) is 0 Å². The molecule has 13 heavy (non-hydrogen) atoms. The summed E-state index contributed by atoms with van der Waals surface area (Å²) >= 11 is 0. The molecule has 78 valence electrons. The van der Waals surface area contributed by atoms with Crippen molar-refractivity contribution >= 4 is 0 Å². The topological polar surface area (TPSA) is 15.3 Å². The lowest BCUT2D eigenvalue weighted by molar-refractivity contribution is 0.155. The van der Waals surface area contributed by atoms with Gasteiger partial charge >= 0.3 is 0 Å². The summed E-state index contributed by atoms with van der Waals surface area (Å²) in [5.41, 5.74) is 0. The first-order valence-electron chi connectivity index (χ1n) is 5.72. The smallest absolute Gasteiger partial charge is 0.0112 e. The Bertz CT molecular complexity index is 136. The highest BCUT2D eigenvalue weighted by molar-refractivity contribution is 4.77. The van der Waals surface area contributed by atoms with Gasteiger partial charge < -0.3 is 5.32 Å².